The summed E-state index contributed by atoms with van der Waals surface area (Å²) in [6.07, 6.45) is 1.93. The number of aromatic nitrogens is 1. The van der Waals surface area contributed by atoms with Crippen molar-refractivity contribution >= 4 is 52.0 Å². The van der Waals surface area contributed by atoms with E-state index in [0.717, 1.165) is 16.3 Å². The molecule has 2 aromatic heterocycles. The summed E-state index contributed by atoms with van der Waals surface area (Å²) in [4.78, 5) is 23.0. The number of thiophene rings is 1. The number of fused-ring (bicyclic) bond motifs is 1. The van der Waals surface area contributed by atoms with Gasteiger partial charge in [0.15, 0.2) is 5.84 Å². The molecule has 0 radical (unpaired) electrons. The van der Waals surface area contributed by atoms with Gasteiger partial charge in [-0.15, -0.1) is 28.2 Å². The molecule has 23 heavy (non-hydrogen) atoms. The van der Waals surface area contributed by atoms with E-state index >= 15 is 0 Å². The molecule has 2 aliphatic heterocycles. The molecular formula is C13H12N6OS3. The first kappa shape index (κ1) is 14.7. The van der Waals surface area contributed by atoms with Crippen LogP contribution in [0.2, 0.25) is 0 Å². The molecule has 0 unspecified atom stereocenters. The predicted octanol–water partition coefficient (Wildman–Crippen LogP) is 2.51. The Hall–Kier alpha value is -1.91. The van der Waals surface area contributed by atoms with E-state index in [1.54, 1.807) is 28.0 Å². The number of urea groups is 1. The number of aliphatic imine (C=N–C) groups is 1. The number of rotatable bonds is 4. The van der Waals surface area contributed by atoms with Gasteiger partial charge in [-0.1, -0.05) is 0 Å². The molecule has 7 nitrogen and oxygen atoms in total. The van der Waals surface area contributed by atoms with E-state index in [-0.39, 0.29) is 12.7 Å². The fraction of sp³-hybridized carbons (Fsp3) is 0.231. The van der Waals surface area contributed by atoms with Gasteiger partial charge >= 0.3 is 6.03 Å². The van der Waals surface area contributed by atoms with Gasteiger partial charge in [-0.3, -0.25) is 9.89 Å². The first-order valence-corrected chi connectivity index (χ1v) is 9.94. The van der Waals surface area contributed by atoms with Crippen LogP contribution in [-0.2, 0) is 0 Å². The lowest BCUT2D eigenvalue weighted by molar-refractivity contribution is 0.155. The van der Waals surface area contributed by atoms with Crippen molar-refractivity contribution in [1.29, 1.82) is 0 Å². The number of nitrogens with zero attached hydrogens (tertiary/aromatic N) is 5. The van der Waals surface area contributed by atoms with E-state index in [2.05, 4.69) is 26.0 Å². The van der Waals surface area contributed by atoms with Crippen molar-refractivity contribution in [2.24, 2.45) is 10.1 Å². The molecule has 0 fully saturated rings. The molecule has 0 saturated heterocycles. The molecule has 0 aromatic carbocycles. The number of carbonyl (C=O) groups is 1. The molecule has 2 amide bonds. The molecule has 1 N–H and O–H groups in total. The molecule has 2 aliphatic rings. The number of amides is 2. The van der Waals surface area contributed by atoms with Gasteiger partial charge in [-0.25, -0.2) is 20.3 Å². The zero-order chi connectivity index (χ0) is 15.8. The Balaban J connectivity index is 1.61. The number of hydrazone groups is 1. The van der Waals surface area contributed by atoms with E-state index in [9.17, 15) is 4.79 Å². The van der Waals surface area contributed by atoms with Crippen molar-refractivity contribution in [1.82, 2.24) is 20.4 Å². The van der Waals surface area contributed by atoms with Crippen molar-refractivity contribution < 1.29 is 4.79 Å². The molecular weight excluding hydrogens is 352 g/mol. The maximum atomic E-state index is 12.4. The molecule has 2 aromatic rings. The number of hydrogen-bond acceptors (Lipinski definition) is 8. The van der Waals surface area contributed by atoms with Crippen molar-refractivity contribution in [3.8, 4) is 11.3 Å². The zero-order valence-electron chi connectivity index (χ0n) is 12.1. The average molecular weight is 364 g/mol. The Bertz CT molecular complexity index is 797. The molecule has 118 valence electrons. The first-order chi connectivity index (χ1) is 11.3. The Kier molecular flexibility index (Phi) is 3.79. The topological polar surface area (TPSA) is 73.2 Å². The number of carbonyl (C=O) groups excluding carboxylic acids is 1. The zero-order valence-corrected chi connectivity index (χ0v) is 14.5. The summed E-state index contributed by atoms with van der Waals surface area (Å²) in [6.45, 7) is 0.285. The molecule has 4 heterocycles. The maximum absolute atomic E-state index is 12.4. The number of nitrogens with one attached hydrogen (secondary N) is 1. The Morgan fingerprint density at radius 3 is 3.13 bits per heavy atom. The molecule has 0 aliphatic carbocycles. The van der Waals surface area contributed by atoms with Gasteiger partial charge in [-0.2, -0.15) is 11.3 Å². The van der Waals surface area contributed by atoms with Crippen LogP contribution < -0.4 is 5.53 Å². The predicted molar refractivity (Wildman–Crippen MR) is 94.9 cm³/mol. The van der Waals surface area contributed by atoms with Crippen LogP contribution in [0.4, 0.5) is 4.79 Å². The van der Waals surface area contributed by atoms with E-state index in [1.165, 1.54) is 16.3 Å². The lowest BCUT2D eigenvalue weighted by Gasteiger charge is -2.30. The highest BCUT2D eigenvalue weighted by Gasteiger charge is 2.37. The van der Waals surface area contributed by atoms with Crippen LogP contribution in [0, 0.1) is 0 Å². The number of hydrogen-bond donors (Lipinski definition) is 1. The van der Waals surface area contributed by atoms with E-state index in [4.69, 9.17) is 0 Å². The van der Waals surface area contributed by atoms with Gasteiger partial charge in [0.25, 0.3) is 0 Å². The van der Waals surface area contributed by atoms with Crippen LogP contribution in [0.3, 0.4) is 0 Å². The smallest absolute Gasteiger partial charge is 0.256 e. The third-order valence-electron chi connectivity index (χ3n) is 3.36. The summed E-state index contributed by atoms with van der Waals surface area (Å²) < 4.78 is 0. The van der Waals surface area contributed by atoms with Crippen molar-refractivity contribution in [2.45, 2.75) is 0 Å². The highest BCUT2D eigenvalue weighted by atomic mass is 32.2. The minimum Gasteiger partial charge on any atom is -0.256 e. The first-order valence-electron chi connectivity index (χ1n) is 6.72. The molecule has 0 saturated carbocycles. The normalized spacial score (nSPS) is 17.0. The average Bonchev–Trinajstić information content (AvgIpc) is 3.29. The molecule has 0 atom stereocenters. The van der Waals surface area contributed by atoms with Crippen molar-refractivity contribution in [3.05, 3.63) is 27.2 Å². The fourth-order valence-corrected chi connectivity index (χ4v) is 4.18. The summed E-state index contributed by atoms with van der Waals surface area (Å²) >= 11 is 4.70. The van der Waals surface area contributed by atoms with E-state index in [1.807, 2.05) is 23.1 Å². The quantitative estimate of drug-likeness (QED) is 0.905. The molecule has 4 rings (SSSR count). The Labute approximate surface area is 144 Å². The third-order valence-corrected chi connectivity index (χ3v) is 5.41. The van der Waals surface area contributed by atoms with Crippen LogP contribution in [-0.4, -0.2) is 51.3 Å². The summed E-state index contributed by atoms with van der Waals surface area (Å²) in [6, 6.07) is 1.90. The fourth-order valence-electron chi connectivity index (χ4n) is 2.27. The van der Waals surface area contributed by atoms with Gasteiger partial charge in [0.2, 0.25) is 0 Å². The lowest BCUT2D eigenvalue weighted by Crippen LogP contribution is -2.55. The Morgan fingerprint density at radius 2 is 2.35 bits per heavy atom. The molecule has 10 heteroatoms. The number of amidine groups is 1. The maximum Gasteiger partial charge on any atom is 0.348 e. The lowest BCUT2D eigenvalue weighted by atomic mass is 10.3. The van der Waals surface area contributed by atoms with E-state index < -0.39 is 0 Å². The highest BCUT2D eigenvalue weighted by Crippen LogP contribution is 2.26. The van der Waals surface area contributed by atoms with Crippen LogP contribution in [0.25, 0.3) is 11.3 Å². The summed E-state index contributed by atoms with van der Waals surface area (Å²) in [5.41, 5.74) is 5.47. The summed E-state index contributed by atoms with van der Waals surface area (Å²) in [7, 11) is 0. The second kappa shape index (κ2) is 5.95. The van der Waals surface area contributed by atoms with Gasteiger partial charge in [0.05, 0.1) is 11.6 Å². The number of thiazole rings is 1. The monoisotopic (exact) mass is 364 g/mol. The second-order valence-corrected chi connectivity index (χ2v) is 7.26. The van der Waals surface area contributed by atoms with E-state index in [0.29, 0.717) is 17.4 Å². The van der Waals surface area contributed by atoms with Crippen LogP contribution in [0.15, 0.2) is 32.3 Å². The van der Waals surface area contributed by atoms with Gasteiger partial charge in [0.1, 0.15) is 17.4 Å². The van der Waals surface area contributed by atoms with Crippen LogP contribution in [0.5, 0.6) is 0 Å². The third kappa shape index (κ3) is 2.52. The van der Waals surface area contributed by atoms with Crippen LogP contribution >= 0.6 is 34.4 Å². The van der Waals surface area contributed by atoms with Crippen LogP contribution in [0.1, 0.15) is 5.01 Å². The minimum atomic E-state index is -0.141. The summed E-state index contributed by atoms with van der Waals surface area (Å²) in [5.74, 6) is 1.07. The standard InChI is InChI=1S/C13H12N6OS3/c1-21-7-19-13(20)18-6-14-10(11(18)16-17-19)12-15-9(5-23-12)8-2-3-22-4-8/h2-5,17H,6-7H2,1H3. The van der Waals surface area contributed by atoms with Crippen molar-refractivity contribution in [2.75, 3.05) is 18.8 Å². The van der Waals surface area contributed by atoms with Gasteiger partial charge < -0.3 is 0 Å². The second-order valence-electron chi connectivity index (χ2n) is 4.79. The molecule has 0 spiro atoms. The molecule has 0 bridgehead atoms. The highest BCUT2D eigenvalue weighted by molar-refractivity contribution is 7.98. The number of thioether (sulfide) groups is 1. The number of hydrazine groups is 1. The largest absolute Gasteiger partial charge is 0.348 e. The van der Waals surface area contributed by atoms with Gasteiger partial charge in [0, 0.05) is 16.3 Å². The minimum absolute atomic E-state index is 0.141. The van der Waals surface area contributed by atoms with Gasteiger partial charge in [-0.05, 0) is 17.7 Å². The SMILES string of the molecule is CSCN1NN=C2C(c3nc(-c4ccsc4)cs3)=NCN2C1=O. The summed E-state index contributed by atoms with van der Waals surface area (Å²) in [5, 5.41) is 12.6. The Morgan fingerprint density at radius 1 is 1.43 bits per heavy atom. The van der Waals surface area contributed by atoms with Crippen molar-refractivity contribution in [3.63, 3.8) is 0 Å².